The van der Waals surface area contributed by atoms with Gasteiger partial charge in [0, 0.05) is 0 Å². The summed E-state index contributed by atoms with van der Waals surface area (Å²) in [4.78, 5) is 14.3. The van der Waals surface area contributed by atoms with E-state index in [1.54, 1.807) is 18.2 Å². The van der Waals surface area contributed by atoms with E-state index in [2.05, 4.69) is 20.9 Å². The summed E-state index contributed by atoms with van der Waals surface area (Å²) in [6, 6.07) is 5.23. The van der Waals surface area contributed by atoms with Crippen molar-refractivity contribution in [3.05, 3.63) is 28.2 Å². The van der Waals surface area contributed by atoms with Crippen molar-refractivity contribution in [1.29, 1.82) is 0 Å². The van der Waals surface area contributed by atoms with Gasteiger partial charge in [-0.15, -0.1) is 0 Å². The molecule has 1 aliphatic rings. The van der Waals surface area contributed by atoms with Crippen LogP contribution in [0, 0.1) is 0 Å². The molecule has 0 aliphatic heterocycles. The van der Waals surface area contributed by atoms with Crippen LogP contribution in [0.2, 0.25) is 0 Å². The lowest BCUT2D eigenvalue weighted by Gasteiger charge is -2.37. The van der Waals surface area contributed by atoms with E-state index >= 15 is 0 Å². The number of carbonyl (C=O) groups excluding carboxylic acids is 1. The highest BCUT2D eigenvalue weighted by atomic mass is 79.9. The second-order valence-corrected chi connectivity index (χ2v) is 4.61. The molecule has 0 radical (unpaired) electrons. The van der Waals surface area contributed by atoms with Crippen molar-refractivity contribution in [1.82, 2.24) is 0 Å². The van der Waals surface area contributed by atoms with Gasteiger partial charge in [-0.3, -0.25) is 0 Å². The first kappa shape index (κ1) is 10.4. The number of phenols is 1. The van der Waals surface area contributed by atoms with Gasteiger partial charge in [-0.25, -0.2) is 4.79 Å². The van der Waals surface area contributed by atoms with E-state index in [1.807, 2.05) is 6.07 Å². The van der Waals surface area contributed by atoms with E-state index in [0.29, 0.717) is 4.47 Å². The third kappa shape index (κ3) is 1.71. The Balaban J connectivity index is 2.43. The molecule has 0 bridgehead atoms. The van der Waals surface area contributed by atoms with Crippen LogP contribution in [0.4, 0.5) is 0 Å². The van der Waals surface area contributed by atoms with Gasteiger partial charge < -0.3 is 5.11 Å². The summed E-state index contributed by atoms with van der Waals surface area (Å²) < 4.78 is 0.632. The van der Waals surface area contributed by atoms with Crippen molar-refractivity contribution in [2.24, 2.45) is 4.99 Å². The van der Waals surface area contributed by atoms with E-state index < -0.39 is 5.54 Å². The maximum atomic E-state index is 10.4. The summed E-state index contributed by atoms with van der Waals surface area (Å²) >= 11 is 3.25. The number of isocyanates is 1. The molecule has 0 atom stereocenters. The minimum absolute atomic E-state index is 0.198. The number of aliphatic imine (C=N–C) groups is 1. The fourth-order valence-corrected chi connectivity index (χ4v) is 2.24. The van der Waals surface area contributed by atoms with Gasteiger partial charge in [0.25, 0.3) is 0 Å². The quantitative estimate of drug-likeness (QED) is 0.662. The monoisotopic (exact) mass is 267 g/mol. The number of benzene rings is 1. The number of nitrogens with zero attached hydrogens (tertiary/aromatic N) is 1. The summed E-state index contributed by atoms with van der Waals surface area (Å²) in [5, 5.41) is 9.38. The highest BCUT2D eigenvalue weighted by molar-refractivity contribution is 9.10. The Morgan fingerprint density at radius 1 is 1.47 bits per heavy atom. The lowest BCUT2D eigenvalue weighted by atomic mass is 9.72. The third-order valence-corrected chi connectivity index (χ3v) is 3.56. The van der Waals surface area contributed by atoms with Crippen molar-refractivity contribution in [2.45, 2.75) is 24.8 Å². The molecule has 0 amide bonds. The molecule has 1 aliphatic carbocycles. The minimum atomic E-state index is -0.391. The second kappa shape index (κ2) is 3.80. The van der Waals surface area contributed by atoms with Gasteiger partial charge in [-0.2, -0.15) is 4.99 Å². The molecule has 2 rings (SSSR count). The molecule has 1 fully saturated rings. The Labute approximate surface area is 96.0 Å². The van der Waals surface area contributed by atoms with Gasteiger partial charge in [-0.05, 0) is 52.9 Å². The first-order chi connectivity index (χ1) is 7.18. The van der Waals surface area contributed by atoms with Crippen LogP contribution in [0.25, 0.3) is 0 Å². The van der Waals surface area contributed by atoms with Crippen LogP contribution in [0.5, 0.6) is 5.75 Å². The molecule has 1 saturated carbocycles. The molecular weight excluding hydrogens is 258 g/mol. The molecular formula is C11H10BrNO2. The predicted octanol–water partition coefficient (Wildman–Crippen LogP) is 2.87. The van der Waals surface area contributed by atoms with Gasteiger partial charge in [0.05, 0.1) is 10.0 Å². The van der Waals surface area contributed by atoms with Gasteiger partial charge in [0.1, 0.15) is 5.75 Å². The Morgan fingerprint density at radius 3 is 2.67 bits per heavy atom. The molecule has 0 spiro atoms. The number of hydrogen-bond donors (Lipinski definition) is 1. The highest BCUT2D eigenvalue weighted by Crippen LogP contribution is 2.45. The number of phenolic OH excluding ortho intramolecular Hbond substituents is 1. The second-order valence-electron chi connectivity index (χ2n) is 3.75. The highest BCUT2D eigenvalue weighted by Gasteiger charge is 2.39. The third-order valence-electron chi connectivity index (χ3n) is 2.93. The molecule has 0 aromatic heterocycles. The van der Waals surface area contributed by atoms with Crippen LogP contribution in [0.15, 0.2) is 27.7 Å². The molecule has 78 valence electrons. The first-order valence-electron chi connectivity index (χ1n) is 4.76. The fraction of sp³-hybridized carbons (Fsp3) is 0.364. The zero-order chi connectivity index (χ0) is 10.9. The first-order valence-corrected chi connectivity index (χ1v) is 5.55. The Morgan fingerprint density at radius 2 is 2.20 bits per heavy atom. The number of rotatable bonds is 2. The van der Waals surface area contributed by atoms with Crippen LogP contribution in [0.3, 0.4) is 0 Å². The van der Waals surface area contributed by atoms with Crippen LogP contribution >= 0.6 is 15.9 Å². The Hall–Kier alpha value is -1.12. The topological polar surface area (TPSA) is 49.7 Å². The Bertz CT molecular complexity index is 434. The van der Waals surface area contributed by atoms with Crippen LogP contribution < -0.4 is 0 Å². The van der Waals surface area contributed by atoms with Crippen molar-refractivity contribution >= 4 is 22.0 Å². The SMILES string of the molecule is O=C=NC1(c2ccc(O)c(Br)c2)CCC1. The van der Waals surface area contributed by atoms with E-state index in [4.69, 9.17) is 0 Å². The van der Waals surface area contributed by atoms with Crippen molar-refractivity contribution in [3.8, 4) is 5.75 Å². The van der Waals surface area contributed by atoms with Gasteiger partial charge in [0.2, 0.25) is 6.08 Å². The molecule has 1 aromatic rings. The van der Waals surface area contributed by atoms with Gasteiger partial charge >= 0.3 is 0 Å². The van der Waals surface area contributed by atoms with Gasteiger partial charge in [-0.1, -0.05) is 6.07 Å². The zero-order valence-electron chi connectivity index (χ0n) is 8.03. The predicted molar refractivity (Wildman–Crippen MR) is 59.5 cm³/mol. The minimum Gasteiger partial charge on any atom is -0.507 e. The number of aromatic hydroxyl groups is 1. The number of halogens is 1. The molecule has 0 saturated heterocycles. The lowest BCUT2D eigenvalue weighted by molar-refractivity contribution is 0.255. The van der Waals surface area contributed by atoms with Crippen LogP contribution in [0.1, 0.15) is 24.8 Å². The molecule has 3 nitrogen and oxygen atoms in total. The number of hydrogen-bond acceptors (Lipinski definition) is 3. The van der Waals surface area contributed by atoms with Crippen LogP contribution in [-0.2, 0) is 10.3 Å². The average Bonchev–Trinajstić information content (AvgIpc) is 2.16. The molecule has 1 aromatic carbocycles. The van der Waals surface area contributed by atoms with E-state index in [9.17, 15) is 9.90 Å². The van der Waals surface area contributed by atoms with Crippen LogP contribution in [-0.4, -0.2) is 11.2 Å². The van der Waals surface area contributed by atoms with E-state index in [0.717, 1.165) is 24.8 Å². The van der Waals surface area contributed by atoms with Gasteiger partial charge in [0.15, 0.2) is 0 Å². The van der Waals surface area contributed by atoms with Crippen molar-refractivity contribution < 1.29 is 9.90 Å². The lowest BCUT2D eigenvalue weighted by Crippen LogP contribution is -2.31. The molecule has 4 heteroatoms. The fourth-order valence-electron chi connectivity index (χ4n) is 1.86. The van der Waals surface area contributed by atoms with Crippen molar-refractivity contribution in [3.63, 3.8) is 0 Å². The van der Waals surface area contributed by atoms with E-state index in [-0.39, 0.29) is 5.75 Å². The van der Waals surface area contributed by atoms with Crippen molar-refractivity contribution in [2.75, 3.05) is 0 Å². The summed E-state index contributed by atoms with van der Waals surface area (Å²) in [6.45, 7) is 0. The van der Waals surface area contributed by atoms with E-state index in [1.165, 1.54) is 0 Å². The standard InChI is InChI=1S/C11H10BrNO2/c12-9-6-8(2-3-10(9)15)11(13-7-14)4-1-5-11/h2-3,6,15H,1,4-5H2. The normalized spacial score (nSPS) is 17.7. The summed E-state index contributed by atoms with van der Waals surface area (Å²) in [6.07, 6.45) is 4.46. The smallest absolute Gasteiger partial charge is 0.235 e. The Kier molecular flexibility index (Phi) is 2.63. The molecule has 0 heterocycles. The summed E-state index contributed by atoms with van der Waals surface area (Å²) in [5.74, 6) is 0.198. The maximum Gasteiger partial charge on any atom is 0.235 e. The molecule has 1 N–H and O–H groups in total. The summed E-state index contributed by atoms with van der Waals surface area (Å²) in [7, 11) is 0. The molecule has 15 heavy (non-hydrogen) atoms. The largest absolute Gasteiger partial charge is 0.507 e. The maximum absolute atomic E-state index is 10.4. The average molecular weight is 268 g/mol. The zero-order valence-corrected chi connectivity index (χ0v) is 9.62. The molecule has 0 unspecified atom stereocenters. The summed E-state index contributed by atoms with van der Waals surface area (Å²) in [5.41, 5.74) is 0.569.